The molecule has 1 aliphatic carbocycles. The summed E-state index contributed by atoms with van der Waals surface area (Å²) in [5, 5.41) is 42.1. The fourth-order valence-corrected chi connectivity index (χ4v) is 4.28. The molecule has 0 aromatic heterocycles. The Bertz CT molecular complexity index is 1160. The number of ether oxygens (including phenoxy) is 1. The fourth-order valence-electron chi connectivity index (χ4n) is 4.28. The van der Waals surface area contributed by atoms with Crippen molar-refractivity contribution in [2.24, 2.45) is 0 Å². The van der Waals surface area contributed by atoms with Crippen molar-refractivity contribution >= 4 is 12.1 Å². The number of carboxylic acids is 1. The summed E-state index contributed by atoms with van der Waals surface area (Å²) in [5.74, 6) is -1.46. The van der Waals surface area contributed by atoms with Crippen molar-refractivity contribution < 1.29 is 34.8 Å². The van der Waals surface area contributed by atoms with E-state index in [1.54, 1.807) is 0 Å². The van der Waals surface area contributed by atoms with Crippen LogP contribution in [0.25, 0.3) is 11.1 Å². The summed E-state index contributed by atoms with van der Waals surface area (Å²) in [7, 11) is 0. The lowest BCUT2D eigenvalue weighted by Gasteiger charge is -2.20. The average Bonchev–Trinajstić information content (AvgIpc) is 3.15. The molecule has 0 radical (unpaired) electrons. The first-order chi connectivity index (χ1) is 16.3. The molecule has 3 aromatic rings. The smallest absolute Gasteiger partial charge is 0.407 e. The van der Waals surface area contributed by atoms with E-state index in [4.69, 9.17) is 9.84 Å². The number of amides is 1. The van der Waals surface area contributed by atoms with Crippen LogP contribution in [0.3, 0.4) is 0 Å². The second-order valence-corrected chi connectivity index (χ2v) is 8.18. The van der Waals surface area contributed by atoms with Gasteiger partial charge in [-0.25, -0.2) is 4.79 Å². The molecule has 1 amide bonds. The molecule has 1 aliphatic rings. The number of phenolic OH excluding ortho intramolecular Hbond substituents is 1. The number of aliphatic hydroxyl groups is 2. The number of aromatic hydroxyl groups is 1. The summed E-state index contributed by atoms with van der Waals surface area (Å²) in [5.41, 5.74) is 4.69. The molecule has 0 heterocycles. The van der Waals surface area contributed by atoms with Gasteiger partial charge in [-0.1, -0.05) is 54.6 Å². The summed E-state index contributed by atoms with van der Waals surface area (Å²) < 4.78 is 5.40. The molecule has 8 nitrogen and oxygen atoms in total. The number of aliphatic hydroxyl groups excluding tert-OH is 2. The van der Waals surface area contributed by atoms with Crippen LogP contribution < -0.4 is 5.32 Å². The van der Waals surface area contributed by atoms with Crippen molar-refractivity contribution in [1.82, 2.24) is 5.32 Å². The molecule has 0 bridgehead atoms. The van der Waals surface area contributed by atoms with Crippen molar-refractivity contribution in [1.29, 1.82) is 0 Å². The fraction of sp³-hybridized carbons (Fsp3) is 0.231. The lowest BCUT2D eigenvalue weighted by molar-refractivity contribution is -0.136. The van der Waals surface area contributed by atoms with E-state index < -0.39 is 24.3 Å². The third-order valence-electron chi connectivity index (χ3n) is 5.93. The summed E-state index contributed by atoms with van der Waals surface area (Å²) in [6.45, 7) is -0.225. The zero-order valence-electron chi connectivity index (χ0n) is 18.2. The average molecular weight is 463 g/mol. The number of carboxylic acid groups (broad SMARTS) is 1. The molecular formula is C26H25NO7. The van der Waals surface area contributed by atoms with Gasteiger partial charge in [0.15, 0.2) is 0 Å². The molecule has 176 valence electrons. The highest BCUT2D eigenvalue weighted by molar-refractivity contribution is 5.79. The van der Waals surface area contributed by atoms with Crippen LogP contribution in [-0.2, 0) is 16.0 Å². The minimum atomic E-state index is -1.54. The van der Waals surface area contributed by atoms with Gasteiger partial charge in [0.2, 0.25) is 0 Å². The second-order valence-electron chi connectivity index (χ2n) is 8.18. The summed E-state index contributed by atoms with van der Waals surface area (Å²) >= 11 is 0. The SMILES string of the molecule is O=C(O)Cc1ccc(O)c(C(O)C(O)CNC(=O)OCC2c3ccccc3-c3ccccc32)c1. The van der Waals surface area contributed by atoms with Gasteiger partial charge in [-0.2, -0.15) is 0 Å². The van der Waals surface area contributed by atoms with Gasteiger partial charge >= 0.3 is 12.1 Å². The van der Waals surface area contributed by atoms with Crippen LogP contribution in [0.1, 0.15) is 34.3 Å². The summed E-state index contributed by atoms with van der Waals surface area (Å²) in [4.78, 5) is 23.2. The Hall–Kier alpha value is -3.88. The van der Waals surface area contributed by atoms with Gasteiger partial charge in [-0.15, -0.1) is 0 Å². The molecule has 0 saturated heterocycles. The largest absolute Gasteiger partial charge is 0.508 e. The highest BCUT2D eigenvalue weighted by atomic mass is 16.5. The first-order valence-corrected chi connectivity index (χ1v) is 10.8. The molecule has 34 heavy (non-hydrogen) atoms. The maximum absolute atomic E-state index is 12.3. The number of hydrogen-bond donors (Lipinski definition) is 5. The Morgan fingerprint density at radius 2 is 1.56 bits per heavy atom. The Labute approximate surface area is 196 Å². The highest BCUT2D eigenvalue weighted by Crippen LogP contribution is 2.44. The molecule has 2 atom stereocenters. The Balaban J connectivity index is 1.35. The number of nitrogens with one attached hydrogen (secondary N) is 1. The number of fused-ring (bicyclic) bond motifs is 3. The van der Waals surface area contributed by atoms with Crippen LogP contribution in [-0.4, -0.2) is 51.7 Å². The highest BCUT2D eigenvalue weighted by Gasteiger charge is 2.29. The third-order valence-corrected chi connectivity index (χ3v) is 5.93. The molecule has 5 N–H and O–H groups in total. The van der Waals surface area contributed by atoms with Crippen molar-refractivity contribution in [3.8, 4) is 16.9 Å². The monoisotopic (exact) mass is 463 g/mol. The van der Waals surface area contributed by atoms with Gasteiger partial charge in [0.1, 0.15) is 24.6 Å². The lowest BCUT2D eigenvalue weighted by atomic mass is 9.98. The van der Waals surface area contributed by atoms with Crippen LogP contribution in [0.5, 0.6) is 5.75 Å². The van der Waals surface area contributed by atoms with Crippen LogP contribution in [0.15, 0.2) is 66.7 Å². The number of carbonyl (C=O) groups is 2. The van der Waals surface area contributed by atoms with Crippen molar-refractivity contribution in [3.05, 3.63) is 89.0 Å². The Kier molecular flexibility index (Phi) is 6.81. The maximum Gasteiger partial charge on any atom is 0.407 e. The van der Waals surface area contributed by atoms with Crippen molar-refractivity contribution in [3.63, 3.8) is 0 Å². The van der Waals surface area contributed by atoms with E-state index in [2.05, 4.69) is 5.32 Å². The topological polar surface area (TPSA) is 136 Å². The number of phenols is 1. The van der Waals surface area contributed by atoms with Gasteiger partial charge < -0.3 is 30.5 Å². The van der Waals surface area contributed by atoms with Gasteiger partial charge in [-0.05, 0) is 39.9 Å². The van der Waals surface area contributed by atoms with E-state index in [0.29, 0.717) is 5.56 Å². The third kappa shape index (κ3) is 4.88. The predicted molar refractivity (Wildman–Crippen MR) is 123 cm³/mol. The number of aliphatic carboxylic acids is 1. The van der Waals surface area contributed by atoms with Crippen LogP contribution in [0.2, 0.25) is 0 Å². The van der Waals surface area contributed by atoms with Gasteiger partial charge in [0.25, 0.3) is 0 Å². The Morgan fingerprint density at radius 3 is 2.18 bits per heavy atom. The lowest BCUT2D eigenvalue weighted by Crippen LogP contribution is -2.36. The van der Waals surface area contributed by atoms with Crippen LogP contribution >= 0.6 is 0 Å². The van der Waals surface area contributed by atoms with Crippen molar-refractivity contribution in [2.45, 2.75) is 24.5 Å². The number of hydrogen-bond acceptors (Lipinski definition) is 6. The van der Waals surface area contributed by atoms with Gasteiger partial charge in [0, 0.05) is 18.0 Å². The van der Waals surface area contributed by atoms with Crippen LogP contribution in [0.4, 0.5) is 4.79 Å². The number of carbonyl (C=O) groups excluding carboxylic acids is 1. The molecule has 2 unspecified atom stereocenters. The van der Waals surface area contributed by atoms with E-state index in [0.717, 1.165) is 22.3 Å². The summed E-state index contributed by atoms with van der Waals surface area (Å²) in [6, 6.07) is 19.9. The molecule has 0 saturated carbocycles. The van der Waals surface area contributed by atoms with Crippen LogP contribution in [0, 0.1) is 0 Å². The second kappa shape index (κ2) is 9.94. The first kappa shape index (κ1) is 23.3. The number of alkyl carbamates (subject to hydrolysis) is 1. The van der Waals surface area contributed by atoms with E-state index in [9.17, 15) is 24.9 Å². The number of rotatable bonds is 8. The van der Waals surface area contributed by atoms with Gasteiger partial charge in [-0.3, -0.25) is 4.79 Å². The van der Waals surface area contributed by atoms with E-state index in [-0.39, 0.29) is 36.8 Å². The maximum atomic E-state index is 12.3. The molecular weight excluding hydrogens is 438 g/mol. The summed E-state index contributed by atoms with van der Waals surface area (Å²) in [6.07, 6.45) is -4.04. The number of benzene rings is 3. The zero-order chi connectivity index (χ0) is 24.2. The standard InChI is InChI=1S/C26H25NO7/c28-22-10-9-15(12-24(30)31)11-20(22)25(32)23(29)13-27-26(33)34-14-21-18-7-3-1-5-16(18)17-6-2-4-8-19(17)21/h1-11,21,23,25,28-29,32H,12-14H2,(H,27,33)(H,30,31). The molecule has 3 aromatic carbocycles. The molecule has 4 rings (SSSR count). The van der Waals surface area contributed by atoms with E-state index in [1.807, 2.05) is 48.5 Å². The van der Waals surface area contributed by atoms with Gasteiger partial charge in [0.05, 0.1) is 6.42 Å². The minimum absolute atomic E-state index is 0.0272. The first-order valence-electron chi connectivity index (χ1n) is 10.8. The molecule has 0 aliphatic heterocycles. The minimum Gasteiger partial charge on any atom is -0.508 e. The quantitative estimate of drug-likeness (QED) is 0.346. The molecule has 8 heteroatoms. The van der Waals surface area contributed by atoms with Crippen molar-refractivity contribution in [2.75, 3.05) is 13.2 Å². The molecule has 0 spiro atoms. The van der Waals surface area contributed by atoms with E-state index >= 15 is 0 Å². The zero-order valence-corrected chi connectivity index (χ0v) is 18.2. The Morgan fingerprint density at radius 1 is 0.941 bits per heavy atom. The molecule has 0 fully saturated rings. The normalized spacial score (nSPS) is 14.1. The van der Waals surface area contributed by atoms with E-state index in [1.165, 1.54) is 18.2 Å². The predicted octanol–water partition coefficient (Wildman–Crippen LogP) is 2.95.